The molecule has 1 atom stereocenters. The zero-order chi connectivity index (χ0) is 22.2. The van der Waals surface area contributed by atoms with E-state index in [0.29, 0.717) is 18.0 Å². The van der Waals surface area contributed by atoms with Crippen LogP contribution in [0.5, 0.6) is 0 Å². The molecule has 2 aromatic carbocycles. The summed E-state index contributed by atoms with van der Waals surface area (Å²) in [6, 6.07) is 15.2. The fraction of sp³-hybridized carbons (Fsp3) is 0.462. The van der Waals surface area contributed by atoms with Gasteiger partial charge in [-0.3, -0.25) is 9.59 Å². The van der Waals surface area contributed by atoms with Crippen LogP contribution in [0.1, 0.15) is 62.1 Å². The molecule has 1 fully saturated rings. The maximum atomic E-state index is 13.4. The first-order chi connectivity index (χ1) is 15.0. The second kappa shape index (κ2) is 11.3. The van der Waals surface area contributed by atoms with E-state index in [-0.39, 0.29) is 24.3 Å². The van der Waals surface area contributed by atoms with E-state index in [4.69, 9.17) is 11.6 Å². The van der Waals surface area contributed by atoms with Crippen molar-refractivity contribution in [1.29, 1.82) is 0 Å². The van der Waals surface area contributed by atoms with Gasteiger partial charge in [-0.25, -0.2) is 0 Å². The molecule has 0 radical (unpaired) electrons. The van der Waals surface area contributed by atoms with E-state index in [2.05, 4.69) is 5.32 Å². The first-order valence-electron chi connectivity index (χ1n) is 11.4. The number of carbonyl (C=O) groups excluding carboxylic acids is 2. The molecule has 1 saturated carbocycles. The molecule has 1 N–H and O–H groups in total. The molecule has 166 valence electrons. The highest BCUT2D eigenvalue weighted by atomic mass is 35.5. The van der Waals surface area contributed by atoms with Crippen molar-refractivity contribution in [1.82, 2.24) is 10.2 Å². The average Bonchev–Trinajstić information content (AvgIpc) is 2.77. The Morgan fingerprint density at radius 2 is 1.74 bits per heavy atom. The molecule has 2 amide bonds. The van der Waals surface area contributed by atoms with Gasteiger partial charge < -0.3 is 10.2 Å². The lowest BCUT2D eigenvalue weighted by atomic mass is 9.95. The van der Waals surface area contributed by atoms with Crippen LogP contribution in [0.4, 0.5) is 0 Å². The first-order valence-corrected chi connectivity index (χ1v) is 11.7. The zero-order valence-corrected chi connectivity index (χ0v) is 19.3. The van der Waals surface area contributed by atoms with Crippen LogP contribution in [0.15, 0.2) is 48.5 Å². The van der Waals surface area contributed by atoms with Gasteiger partial charge in [0.2, 0.25) is 11.8 Å². The van der Waals surface area contributed by atoms with E-state index in [9.17, 15) is 9.59 Å². The molecule has 4 nitrogen and oxygen atoms in total. The number of nitrogens with zero attached hydrogens (tertiary/aromatic N) is 1. The number of hydrogen-bond donors (Lipinski definition) is 1. The van der Waals surface area contributed by atoms with Crippen molar-refractivity contribution in [3.63, 3.8) is 0 Å². The third kappa shape index (κ3) is 6.57. The number of nitrogens with one attached hydrogen (secondary N) is 1. The number of amides is 2. The maximum Gasteiger partial charge on any atom is 0.243 e. The zero-order valence-electron chi connectivity index (χ0n) is 18.6. The van der Waals surface area contributed by atoms with Crippen molar-refractivity contribution in [3.8, 4) is 0 Å². The van der Waals surface area contributed by atoms with Crippen LogP contribution in [0, 0.1) is 6.92 Å². The van der Waals surface area contributed by atoms with Gasteiger partial charge in [0.25, 0.3) is 0 Å². The Labute approximate surface area is 191 Å². The highest BCUT2D eigenvalue weighted by Gasteiger charge is 2.30. The lowest BCUT2D eigenvalue weighted by Crippen LogP contribution is -2.52. The number of benzene rings is 2. The molecule has 0 saturated heterocycles. The molecule has 0 heterocycles. The smallest absolute Gasteiger partial charge is 0.243 e. The van der Waals surface area contributed by atoms with E-state index in [0.717, 1.165) is 36.8 Å². The minimum Gasteiger partial charge on any atom is -0.352 e. The van der Waals surface area contributed by atoms with Crippen LogP contribution in [0.2, 0.25) is 5.02 Å². The molecule has 3 rings (SSSR count). The minimum absolute atomic E-state index is 0.0472. The Morgan fingerprint density at radius 1 is 1.06 bits per heavy atom. The van der Waals surface area contributed by atoms with Gasteiger partial charge in [0.1, 0.15) is 6.04 Å². The first kappa shape index (κ1) is 23.3. The third-order valence-corrected chi connectivity index (χ3v) is 6.48. The Hall–Kier alpha value is -2.33. The molecule has 31 heavy (non-hydrogen) atoms. The summed E-state index contributed by atoms with van der Waals surface area (Å²) in [5.74, 6) is -0.131. The monoisotopic (exact) mass is 440 g/mol. The average molecular weight is 441 g/mol. The molecule has 0 aromatic heterocycles. The summed E-state index contributed by atoms with van der Waals surface area (Å²) in [5.41, 5.74) is 2.97. The van der Waals surface area contributed by atoms with Gasteiger partial charge in [-0.2, -0.15) is 0 Å². The standard InChI is InChI=1S/C26H33ClN2O2/c1-3-24(26(31)28-22-10-5-4-6-11-22)29(18-20-15-13-19(2)14-16-20)25(30)17-21-9-7-8-12-23(21)27/h7-9,12-16,22,24H,3-6,10-11,17-18H2,1-2H3,(H,28,31)/t24-/m0/s1. The largest absolute Gasteiger partial charge is 0.352 e. The molecule has 0 aliphatic heterocycles. The van der Waals surface area contributed by atoms with Crippen LogP contribution in [-0.2, 0) is 22.6 Å². The van der Waals surface area contributed by atoms with Crippen molar-refractivity contribution >= 4 is 23.4 Å². The molecule has 2 aromatic rings. The van der Waals surface area contributed by atoms with Gasteiger partial charge in [-0.05, 0) is 43.4 Å². The second-order valence-corrected chi connectivity index (χ2v) is 8.95. The quantitative estimate of drug-likeness (QED) is 0.593. The molecular weight excluding hydrogens is 408 g/mol. The molecule has 0 bridgehead atoms. The summed E-state index contributed by atoms with van der Waals surface area (Å²) >= 11 is 6.31. The van der Waals surface area contributed by atoms with Gasteiger partial charge in [-0.1, -0.05) is 85.8 Å². The molecule has 0 spiro atoms. The summed E-state index contributed by atoms with van der Waals surface area (Å²) in [4.78, 5) is 28.4. The van der Waals surface area contributed by atoms with Gasteiger partial charge in [0.05, 0.1) is 6.42 Å². The van der Waals surface area contributed by atoms with Crippen molar-refractivity contribution < 1.29 is 9.59 Å². The summed E-state index contributed by atoms with van der Waals surface area (Å²) in [7, 11) is 0. The topological polar surface area (TPSA) is 49.4 Å². The predicted molar refractivity (Wildman–Crippen MR) is 126 cm³/mol. The Kier molecular flexibility index (Phi) is 8.53. The number of rotatable bonds is 8. The van der Waals surface area contributed by atoms with E-state index in [1.54, 1.807) is 11.0 Å². The lowest BCUT2D eigenvalue weighted by Gasteiger charge is -2.33. The Balaban J connectivity index is 1.81. The number of aryl methyl sites for hydroxylation is 1. The van der Waals surface area contributed by atoms with Gasteiger partial charge in [0.15, 0.2) is 0 Å². The molecule has 5 heteroatoms. The maximum absolute atomic E-state index is 13.4. The van der Waals surface area contributed by atoms with Gasteiger partial charge in [-0.15, -0.1) is 0 Å². The predicted octanol–water partition coefficient (Wildman–Crippen LogP) is 5.45. The number of hydrogen-bond acceptors (Lipinski definition) is 2. The Morgan fingerprint density at radius 3 is 2.39 bits per heavy atom. The molecular formula is C26H33ClN2O2. The van der Waals surface area contributed by atoms with Crippen molar-refractivity contribution in [3.05, 3.63) is 70.2 Å². The van der Waals surface area contributed by atoms with E-state index >= 15 is 0 Å². The molecule has 0 unspecified atom stereocenters. The van der Waals surface area contributed by atoms with E-state index in [1.807, 2.05) is 56.3 Å². The molecule has 1 aliphatic carbocycles. The van der Waals surface area contributed by atoms with Gasteiger partial charge >= 0.3 is 0 Å². The Bertz CT molecular complexity index is 875. The van der Waals surface area contributed by atoms with Crippen LogP contribution in [-0.4, -0.2) is 28.8 Å². The lowest BCUT2D eigenvalue weighted by molar-refractivity contribution is -0.141. The summed E-state index contributed by atoms with van der Waals surface area (Å²) in [6.45, 7) is 4.41. The highest BCUT2D eigenvalue weighted by molar-refractivity contribution is 6.31. The van der Waals surface area contributed by atoms with Crippen molar-refractivity contribution in [2.24, 2.45) is 0 Å². The van der Waals surface area contributed by atoms with Crippen LogP contribution < -0.4 is 5.32 Å². The van der Waals surface area contributed by atoms with Crippen molar-refractivity contribution in [2.75, 3.05) is 0 Å². The van der Waals surface area contributed by atoms with E-state index in [1.165, 1.54) is 12.0 Å². The highest BCUT2D eigenvalue weighted by Crippen LogP contribution is 2.21. The summed E-state index contributed by atoms with van der Waals surface area (Å²) < 4.78 is 0. The third-order valence-electron chi connectivity index (χ3n) is 6.11. The normalized spacial score (nSPS) is 15.3. The summed E-state index contributed by atoms with van der Waals surface area (Å²) in [6.07, 6.45) is 6.33. The van der Waals surface area contributed by atoms with Crippen LogP contribution >= 0.6 is 11.6 Å². The minimum atomic E-state index is -0.502. The van der Waals surface area contributed by atoms with Gasteiger partial charge in [0, 0.05) is 17.6 Å². The number of carbonyl (C=O) groups is 2. The van der Waals surface area contributed by atoms with Crippen molar-refractivity contribution in [2.45, 2.75) is 77.4 Å². The number of halogens is 1. The summed E-state index contributed by atoms with van der Waals surface area (Å²) in [5, 5.41) is 3.79. The fourth-order valence-electron chi connectivity index (χ4n) is 4.26. The van der Waals surface area contributed by atoms with Crippen LogP contribution in [0.3, 0.4) is 0 Å². The molecule has 1 aliphatic rings. The van der Waals surface area contributed by atoms with Crippen LogP contribution in [0.25, 0.3) is 0 Å². The fourth-order valence-corrected chi connectivity index (χ4v) is 4.46. The SMILES string of the molecule is CC[C@@H](C(=O)NC1CCCCC1)N(Cc1ccc(C)cc1)C(=O)Cc1ccccc1Cl. The second-order valence-electron chi connectivity index (χ2n) is 8.54. The van der Waals surface area contributed by atoms with E-state index < -0.39 is 6.04 Å².